The molecule has 2 aromatic carbocycles. The molecule has 134 valence electrons. The van der Waals surface area contributed by atoms with Gasteiger partial charge in [-0.1, -0.05) is 54.7 Å². The number of nitrogens with zero attached hydrogens (tertiary/aromatic N) is 4. The smallest absolute Gasteiger partial charge is 0.214 e. The van der Waals surface area contributed by atoms with Gasteiger partial charge in [0.1, 0.15) is 12.4 Å². The highest BCUT2D eigenvalue weighted by Gasteiger charge is 2.07. The van der Waals surface area contributed by atoms with Gasteiger partial charge in [-0.2, -0.15) is 4.68 Å². The summed E-state index contributed by atoms with van der Waals surface area (Å²) in [5.74, 6) is 1.74. The van der Waals surface area contributed by atoms with Gasteiger partial charge < -0.3 is 10.1 Å². The van der Waals surface area contributed by atoms with Crippen molar-refractivity contribution in [1.29, 1.82) is 0 Å². The molecular formula is C19H21N5OS. The number of benzene rings is 2. The first-order valence-electron chi connectivity index (χ1n) is 8.37. The summed E-state index contributed by atoms with van der Waals surface area (Å²) < 4.78 is 7.24. The van der Waals surface area contributed by atoms with Crippen molar-refractivity contribution in [1.82, 2.24) is 25.5 Å². The molecule has 0 saturated heterocycles. The summed E-state index contributed by atoms with van der Waals surface area (Å²) in [5, 5.41) is 16.2. The van der Waals surface area contributed by atoms with Crippen molar-refractivity contribution in [2.45, 2.75) is 11.7 Å². The van der Waals surface area contributed by atoms with Gasteiger partial charge in [-0.05, 0) is 40.3 Å². The fourth-order valence-corrected chi connectivity index (χ4v) is 3.09. The number of hydrogen-bond donors (Lipinski definition) is 1. The van der Waals surface area contributed by atoms with Gasteiger partial charge in [0, 0.05) is 18.8 Å². The molecule has 6 nitrogen and oxygen atoms in total. The molecule has 0 fully saturated rings. The van der Waals surface area contributed by atoms with Gasteiger partial charge in [0.25, 0.3) is 0 Å². The Kier molecular flexibility index (Phi) is 6.80. The topological polar surface area (TPSA) is 64.9 Å². The Hall–Kier alpha value is -2.64. The summed E-state index contributed by atoms with van der Waals surface area (Å²) in [6.45, 7) is 5.84. The van der Waals surface area contributed by atoms with Crippen LogP contribution in [0.2, 0.25) is 0 Å². The van der Waals surface area contributed by atoms with Gasteiger partial charge >= 0.3 is 0 Å². The molecule has 0 spiro atoms. The second kappa shape index (κ2) is 9.74. The fraction of sp³-hybridized carbons (Fsp3) is 0.211. The van der Waals surface area contributed by atoms with E-state index < -0.39 is 0 Å². The maximum Gasteiger partial charge on any atom is 0.214 e. The number of thioether (sulfide) groups is 1. The number of nitrogens with one attached hydrogen (secondary N) is 1. The van der Waals surface area contributed by atoms with Crippen molar-refractivity contribution in [2.24, 2.45) is 0 Å². The molecule has 0 aliphatic heterocycles. The molecule has 0 saturated carbocycles. The molecule has 26 heavy (non-hydrogen) atoms. The molecule has 1 heterocycles. The Morgan fingerprint density at radius 1 is 1.12 bits per heavy atom. The second-order valence-electron chi connectivity index (χ2n) is 5.48. The summed E-state index contributed by atoms with van der Waals surface area (Å²) in [5.41, 5.74) is 2.18. The van der Waals surface area contributed by atoms with Crippen molar-refractivity contribution >= 4 is 11.8 Å². The first-order chi connectivity index (χ1) is 12.9. The molecule has 0 atom stereocenters. The molecule has 0 unspecified atom stereocenters. The molecule has 1 aromatic heterocycles. The van der Waals surface area contributed by atoms with Crippen LogP contribution in [0.1, 0.15) is 5.56 Å². The summed E-state index contributed by atoms with van der Waals surface area (Å²) >= 11 is 1.63. The molecule has 0 aliphatic carbocycles. The number of aromatic nitrogens is 4. The summed E-state index contributed by atoms with van der Waals surface area (Å²) in [7, 11) is 0. The summed E-state index contributed by atoms with van der Waals surface area (Å²) in [4.78, 5) is 0. The molecule has 0 radical (unpaired) electrons. The number of para-hydroxylation sites is 1. The van der Waals surface area contributed by atoms with E-state index in [4.69, 9.17) is 4.74 Å². The molecule has 0 bridgehead atoms. The predicted octanol–water partition coefficient (Wildman–Crippen LogP) is 3.11. The maximum absolute atomic E-state index is 5.48. The first-order valence-corrected chi connectivity index (χ1v) is 9.35. The van der Waals surface area contributed by atoms with Crippen LogP contribution in [0.15, 0.2) is 72.4 Å². The van der Waals surface area contributed by atoms with Crippen molar-refractivity contribution in [3.63, 3.8) is 0 Å². The minimum atomic E-state index is 0.525. The third-order valence-corrected chi connectivity index (χ3v) is 4.49. The fourth-order valence-electron chi connectivity index (χ4n) is 2.31. The third-order valence-electron chi connectivity index (χ3n) is 3.57. The van der Waals surface area contributed by atoms with Crippen LogP contribution < -0.4 is 10.1 Å². The lowest BCUT2D eigenvalue weighted by molar-refractivity contribution is 0.363. The number of hydrogen-bond acceptors (Lipinski definition) is 6. The van der Waals surface area contributed by atoms with E-state index in [0.29, 0.717) is 6.61 Å². The van der Waals surface area contributed by atoms with Crippen LogP contribution in [-0.2, 0) is 6.54 Å². The highest BCUT2D eigenvalue weighted by atomic mass is 32.2. The van der Waals surface area contributed by atoms with E-state index >= 15 is 0 Å². The van der Waals surface area contributed by atoms with Gasteiger partial charge in [-0.3, -0.25) is 0 Å². The second-order valence-corrected chi connectivity index (χ2v) is 6.54. The lowest BCUT2D eigenvalue weighted by Crippen LogP contribution is -2.16. The lowest BCUT2D eigenvalue weighted by atomic mass is 10.2. The largest absolute Gasteiger partial charge is 0.490 e. The Balaban J connectivity index is 1.41. The molecule has 7 heteroatoms. The van der Waals surface area contributed by atoms with E-state index in [9.17, 15) is 0 Å². The van der Waals surface area contributed by atoms with Crippen LogP contribution in [0.3, 0.4) is 0 Å². The number of ether oxygens (including phenoxy) is 1. The Bertz CT molecular complexity index is 804. The zero-order valence-corrected chi connectivity index (χ0v) is 15.2. The maximum atomic E-state index is 5.48. The van der Waals surface area contributed by atoms with Gasteiger partial charge in [-0.15, -0.1) is 5.10 Å². The molecule has 0 amide bonds. The molecule has 3 aromatic rings. The van der Waals surface area contributed by atoms with E-state index in [-0.39, 0.29) is 0 Å². The average Bonchev–Trinajstić information content (AvgIpc) is 3.16. The van der Waals surface area contributed by atoms with E-state index in [0.717, 1.165) is 35.4 Å². The minimum absolute atomic E-state index is 0.525. The molecule has 1 N–H and O–H groups in total. The van der Waals surface area contributed by atoms with Crippen molar-refractivity contribution < 1.29 is 4.74 Å². The molecule has 0 aliphatic rings. The van der Waals surface area contributed by atoms with Gasteiger partial charge in [-0.25, -0.2) is 0 Å². The average molecular weight is 367 g/mol. The van der Waals surface area contributed by atoms with Crippen LogP contribution in [0.25, 0.3) is 5.69 Å². The van der Waals surface area contributed by atoms with Crippen molar-refractivity contribution in [3.05, 3.63) is 72.8 Å². The third kappa shape index (κ3) is 5.18. The van der Waals surface area contributed by atoms with Crippen LogP contribution in [0.5, 0.6) is 5.75 Å². The van der Waals surface area contributed by atoms with E-state index in [2.05, 4.69) is 39.6 Å². The molecule has 3 rings (SSSR count). The highest BCUT2D eigenvalue weighted by Crippen LogP contribution is 2.17. The number of rotatable bonds is 10. The summed E-state index contributed by atoms with van der Waals surface area (Å²) in [6.07, 6.45) is 1.74. The quantitative estimate of drug-likeness (QED) is 0.337. The van der Waals surface area contributed by atoms with E-state index in [1.165, 1.54) is 5.56 Å². The number of tetrazole rings is 1. The van der Waals surface area contributed by atoms with Crippen LogP contribution in [0.4, 0.5) is 0 Å². The summed E-state index contributed by atoms with van der Waals surface area (Å²) in [6, 6.07) is 18.0. The van der Waals surface area contributed by atoms with Crippen molar-refractivity contribution in [2.75, 3.05) is 18.9 Å². The highest BCUT2D eigenvalue weighted by molar-refractivity contribution is 7.99. The van der Waals surface area contributed by atoms with Crippen LogP contribution >= 0.6 is 11.8 Å². The zero-order chi connectivity index (χ0) is 18.0. The van der Waals surface area contributed by atoms with Gasteiger partial charge in [0.15, 0.2) is 0 Å². The monoisotopic (exact) mass is 367 g/mol. The van der Waals surface area contributed by atoms with E-state index in [1.54, 1.807) is 22.5 Å². The SMILES string of the molecule is C=CCOc1ccc(CNCCSc2nnnn2-c2ccccc2)cc1. The van der Waals surface area contributed by atoms with Gasteiger partial charge in [0.05, 0.1) is 5.69 Å². The van der Waals surface area contributed by atoms with E-state index in [1.807, 2.05) is 42.5 Å². The predicted molar refractivity (Wildman–Crippen MR) is 104 cm³/mol. The first kappa shape index (κ1) is 18.2. The standard InChI is InChI=1S/C19H21N5OS/c1-2-13-25-18-10-8-16(9-11-18)15-20-12-14-26-19-21-22-23-24(19)17-6-4-3-5-7-17/h2-11,20H,1,12-15H2. The van der Waals surface area contributed by atoms with Crippen LogP contribution in [-0.4, -0.2) is 39.1 Å². The Morgan fingerprint density at radius 3 is 2.69 bits per heavy atom. The Morgan fingerprint density at radius 2 is 1.92 bits per heavy atom. The Labute approximate surface area is 157 Å². The minimum Gasteiger partial charge on any atom is -0.490 e. The normalized spacial score (nSPS) is 10.6. The lowest BCUT2D eigenvalue weighted by Gasteiger charge is -2.07. The van der Waals surface area contributed by atoms with Gasteiger partial charge in [0.2, 0.25) is 5.16 Å². The van der Waals surface area contributed by atoms with Crippen molar-refractivity contribution in [3.8, 4) is 11.4 Å². The molecular weight excluding hydrogens is 346 g/mol. The van der Waals surface area contributed by atoms with Crippen LogP contribution in [0, 0.1) is 0 Å². The zero-order valence-electron chi connectivity index (χ0n) is 14.4.